The number of carboxylic acids is 1. The van der Waals surface area contributed by atoms with Crippen molar-refractivity contribution in [1.82, 2.24) is 10.2 Å². The molecule has 150 valence electrons. The molecule has 0 spiro atoms. The van der Waals surface area contributed by atoms with Gasteiger partial charge in [-0.15, -0.1) is 11.8 Å². The summed E-state index contributed by atoms with van der Waals surface area (Å²) in [6.45, 7) is 1.74. The molecule has 2 saturated heterocycles. The molecule has 0 radical (unpaired) electrons. The van der Waals surface area contributed by atoms with Crippen molar-refractivity contribution in [3.63, 3.8) is 0 Å². The van der Waals surface area contributed by atoms with E-state index in [1.165, 1.54) is 18.7 Å². The van der Waals surface area contributed by atoms with Crippen LogP contribution in [-0.2, 0) is 24.2 Å². The van der Waals surface area contributed by atoms with Gasteiger partial charge in [0.25, 0.3) is 0 Å². The molecular formula is C16H21N2O7S2-. The van der Waals surface area contributed by atoms with E-state index in [1.54, 1.807) is 0 Å². The first kappa shape index (κ1) is 20.2. The van der Waals surface area contributed by atoms with Crippen molar-refractivity contribution in [2.75, 3.05) is 23.8 Å². The van der Waals surface area contributed by atoms with Crippen LogP contribution in [0, 0.1) is 5.92 Å². The average Bonchev–Trinajstić information content (AvgIpc) is 2.89. The maximum Gasteiger partial charge on any atom is 0.235 e. The molecule has 3 heterocycles. The number of hydrogen-bond donors (Lipinski definition) is 2. The second kappa shape index (κ2) is 7.10. The van der Waals surface area contributed by atoms with Gasteiger partial charge in [-0.25, -0.2) is 8.42 Å². The standard InChI is InChI=1S/C16H22N2O7S2/c1-9(19)17-4-5-26-11-8-10-12(14(20)18(10)13(11)15(21)22)16(23)2-6-27(24,25)7-3-16/h10,12,23H,2-8H2,1H3,(H,17,19)(H,21,22)/p-1/t10-,12+/m1/s1. The Morgan fingerprint density at radius 2 is 2.00 bits per heavy atom. The fourth-order valence-electron chi connectivity index (χ4n) is 3.98. The monoisotopic (exact) mass is 417 g/mol. The zero-order valence-electron chi connectivity index (χ0n) is 14.8. The Kier molecular flexibility index (Phi) is 5.30. The summed E-state index contributed by atoms with van der Waals surface area (Å²) >= 11 is 1.23. The Bertz CT molecular complexity index is 807. The number of hydrogen-bond acceptors (Lipinski definition) is 8. The topological polar surface area (TPSA) is 144 Å². The molecule has 0 unspecified atom stereocenters. The van der Waals surface area contributed by atoms with E-state index in [-0.39, 0.29) is 42.4 Å². The van der Waals surface area contributed by atoms with E-state index >= 15 is 0 Å². The first-order valence-corrected chi connectivity index (χ1v) is 11.4. The summed E-state index contributed by atoms with van der Waals surface area (Å²) < 4.78 is 23.3. The van der Waals surface area contributed by atoms with E-state index in [2.05, 4.69) is 5.32 Å². The molecule has 27 heavy (non-hydrogen) atoms. The molecule has 3 aliphatic rings. The van der Waals surface area contributed by atoms with Crippen LogP contribution >= 0.6 is 11.8 Å². The van der Waals surface area contributed by atoms with Crippen LogP contribution in [0.15, 0.2) is 10.6 Å². The highest BCUT2D eigenvalue weighted by Crippen LogP contribution is 2.51. The molecule has 2 fully saturated rings. The number of carbonyl (C=O) groups is 3. The molecule has 0 saturated carbocycles. The van der Waals surface area contributed by atoms with Gasteiger partial charge in [0.05, 0.1) is 40.7 Å². The molecule has 3 aliphatic heterocycles. The predicted octanol–water partition coefficient (Wildman–Crippen LogP) is -2.01. The van der Waals surface area contributed by atoms with Gasteiger partial charge in [-0.3, -0.25) is 9.59 Å². The Hall–Kier alpha value is -1.59. The number of aliphatic carboxylic acids is 1. The largest absolute Gasteiger partial charge is 0.543 e. The van der Waals surface area contributed by atoms with Crippen molar-refractivity contribution >= 4 is 39.4 Å². The number of carbonyl (C=O) groups excluding carboxylic acids is 3. The highest BCUT2D eigenvalue weighted by Gasteiger charge is 2.62. The van der Waals surface area contributed by atoms with Crippen LogP contribution in [-0.4, -0.2) is 71.7 Å². The van der Waals surface area contributed by atoms with E-state index < -0.39 is 39.3 Å². The maximum atomic E-state index is 12.6. The lowest BCUT2D eigenvalue weighted by molar-refractivity contribution is -0.302. The molecule has 0 aromatic carbocycles. The quantitative estimate of drug-likeness (QED) is 0.373. The summed E-state index contributed by atoms with van der Waals surface area (Å²) in [5, 5.41) is 25.0. The highest BCUT2D eigenvalue weighted by molar-refractivity contribution is 8.03. The van der Waals surface area contributed by atoms with Gasteiger partial charge in [-0.2, -0.15) is 0 Å². The van der Waals surface area contributed by atoms with Gasteiger partial charge in [0.2, 0.25) is 11.8 Å². The number of rotatable bonds is 6. The Balaban J connectivity index is 1.72. The molecule has 2 amide bonds. The fourth-order valence-corrected chi connectivity index (χ4v) is 6.57. The molecule has 11 heteroatoms. The Morgan fingerprint density at radius 1 is 1.37 bits per heavy atom. The van der Waals surface area contributed by atoms with Crippen LogP contribution in [0.25, 0.3) is 0 Å². The van der Waals surface area contributed by atoms with E-state index in [1.807, 2.05) is 0 Å². The lowest BCUT2D eigenvalue weighted by Crippen LogP contribution is -2.68. The predicted molar refractivity (Wildman–Crippen MR) is 94.8 cm³/mol. The number of nitrogens with one attached hydrogen (secondary N) is 1. The average molecular weight is 417 g/mol. The number of thioether (sulfide) groups is 1. The second-order valence-electron chi connectivity index (χ2n) is 7.10. The Morgan fingerprint density at radius 3 is 2.56 bits per heavy atom. The number of β-lactam (4-membered cyclic amide) rings is 1. The van der Waals surface area contributed by atoms with E-state index in [4.69, 9.17) is 0 Å². The van der Waals surface area contributed by atoms with Crippen molar-refractivity contribution in [1.29, 1.82) is 0 Å². The van der Waals surface area contributed by atoms with Crippen LogP contribution in [0.4, 0.5) is 0 Å². The van der Waals surface area contributed by atoms with E-state index in [9.17, 15) is 33.0 Å². The van der Waals surface area contributed by atoms with Crippen molar-refractivity contribution in [2.24, 2.45) is 5.92 Å². The molecule has 9 nitrogen and oxygen atoms in total. The number of nitrogens with zero attached hydrogens (tertiary/aromatic N) is 1. The summed E-state index contributed by atoms with van der Waals surface area (Å²) in [6, 6.07) is -0.500. The summed E-state index contributed by atoms with van der Waals surface area (Å²) in [5.74, 6) is -2.88. The molecular weight excluding hydrogens is 396 g/mol. The minimum Gasteiger partial charge on any atom is -0.543 e. The molecule has 0 bridgehead atoms. The molecule has 3 rings (SSSR count). The number of sulfone groups is 1. The van der Waals surface area contributed by atoms with Gasteiger partial charge in [-0.05, 0) is 12.8 Å². The number of amides is 2. The molecule has 0 aromatic heterocycles. The minimum atomic E-state index is -3.21. The second-order valence-corrected chi connectivity index (χ2v) is 10.6. The lowest BCUT2D eigenvalue weighted by Gasteiger charge is -2.52. The first-order chi connectivity index (χ1) is 12.6. The van der Waals surface area contributed by atoms with Gasteiger partial charge in [0, 0.05) is 30.5 Å². The van der Waals surface area contributed by atoms with Crippen LogP contribution in [0.2, 0.25) is 0 Å². The zero-order chi connectivity index (χ0) is 20.0. The van der Waals surface area contributed by atoms with E-state index in [0.29, 0.717) is 17.2 Å². The van der Waals surface area contributed by atoms with Crippen molar-refractivity contribution in [2.45, 2.75) is 37.8 Å². The zero-order valence-corrected chi connectivity index (χ0v) is 16.4. The van der Waals surface area contributed by atoms with Crippen molar-refractivity contribution in [3.05, 3.63) is 10.6 Å². The van der Waals surface area contributed by atoms with Crippen LogP contribution < -0.4 is 10.4 Å². The van der Waals surface area contributed by atoms with Gasteiger partial charge >= 0.3 is 0 Å². The molecule has 2 N–H and O–H groups in total. The summed E-state index contributed by atoms with van der Waals surface area (Å²) in [4.78, 5) is 36.7. The lowest BCUT2D eigenvalue weighted by atomic mass is 9.71. The fraction of sp³-hybridized carbons (Fsp3) is 0.688. The SMILES string of the molecule is CC(=O)NCCSC1=C(C(=O)[O-])N2C(=O)[C@@H](C3(O)CCS(=O)(=O)CC3)[C@H]2C1. The number of aliphatic hydroxyl groups is 1. The summed E-state index contributed by atoms with van der Waals surface area (Å²) in [6.07, 6.45) is 0.225. The third-order valence-corrected chi connectivity index (χ3v) is 8.10. The third kappa shape index (κ3) is 3.72. The van der Waals surface area contributed by atoms with Crippen LogP contribution in [0.1, 0.15) is 26.2 Å². The Labute approximate surface area is 161 Å². The van der Waals surface area contributed by atoms with Gasteiger partial charge in [0.15, 0.2) is 9.84 Å². The van der Waals surface area contributed by atoms with Gasteiger partial charge in [-0.1, -0.05) is 0 Å². The molecule has 2 atom stereocenters. The molecule has 0 aromatic rings. The minimum absolute atomic E-state index is 0.0260. The van der Waals surface area contributed by atoms with Gasteiger partial charge < -0.3 is 25.2 Å². The van der Waals surface area contributed by atoms with Crippen molar-refractivity contribution < 1.29 is 33.0 Å². The number of carboxylic acid groups (broad SMARTS) is 1. The van der Waals surface area contributed by atoms with Crippen molar-refractivity contribution in [3.8, 4) is 0 Å². The summed E-state index contributed by atoms with van der Waals surface area (Å²) in [7, 11) is -3.21. The normalized spacial score (nSPS) is 28.5. The maximum absolute atomic E-state index is 12.6. The van der Waals surface area contributed by atoms with Crippen LogP contribution in [0.5, 0.6) is 0 Å². The third-order valence-electron chi connectivity index (χ3n) is 5.34. The van der Waals surface area contributed by atoms with Crippen LogP contribution in [0.3, 0.4) is 0 Å². The smallest absolute Gasteiger partial charge is 0.235 e. The highest BCUT2D eigenvalue weighted by atomic mass is 32.2. The molecule has 0 aliphatic carbocycles. The summed E-state index contributed by atoms with van der Waals surface area (Å²) in [5.41, 5.74) is -1.61. The van der Waals surface area contributed by atoms with E-state index in [0.717, 1.165) is 4.90 Å². The first-order valence-electron chi connectivity index (χ1n) is 8.63. The van der Waals surface area contributed by atoms with Gasteiger partial charge in [0.1, 0.15) is 0 Å². The number of fused-ring (bicyclic) bond motifs is 1.